The second kappa shape index (κ2) is 9.79. The van der Waals surface area contributed by atoms with E-state index in [2.05, 4.69) is 11.6 Å². The van der Waals surface area contributed by atoms with Gasteiger partial charge < -0.3 is 14.9 Å². The van der Waals surface area contributed by atoms with Crippen LogP contribution in [0.15, 0.2) is 60.7 Å². The number of rotatable bonds is 6. The summed E-state index contributed by atoms with van der Waals surface area (Å²) < 4.78 is 5.11. The van der Waals surface area contributed by atoms with E-state index >= 15 is 0 Å². The molecule has 2 N–H and O–H groups in total. The first-order chi connectivity index (χ1) is 17.1. The topological polar surface area (TPSA) is 117 Å². The highest BCUT2D eigenvalue weighted by Crippen LogP contribution is 2.44. The van der Waals surface area contributed by atoms with E-state index in [1.54, 1.807) is 32.0 Å². The summed E-state index contributed by atoms with van der Waals surface area (Å²) in [5, 5.41) is 21.2. The minimum absolute atomic E-state index is 0.00238. The number of aromatic hydroxyl groups is 1. The summed E-state index contributed by atoms with van der Waals surface area (Å²) in [7, 11) is 0. The van der Waals surface area contributed by atoms with Crippen LogP contribution in [0.2, 0.25) is 0 Å². The lowest BCUT2D eigenvalue weighted by Crippen LogP contribution is -2.29. The standard InChI is InChI=1S/C27H24N2O6S/c1-5-12-35-26(34)24-16(4)28-27(36-24)29-21(17-8-10-18(30)11-9-17)20(23(32)25(29)33)22(31)19-13-14(2)6-7-15(19)3/h5-11,13,21,30-31H,1,12H2,2-4H3. The molecule has 1 aliphatic rings. The Kier molecular flexibility index (Phi) is 6.76. The molecule has 1 unspecified atom stereocenters. The number of Topliss-reactive ketones (excluding diaryl/α,β-unsaturated/α-hetero) is 1. The predicted molar refractivity (Wildman–Crippen MR) is 136 cm³/mol. The summed E-state index contributed by atoms with van der Waals surface area (Å²) in [4.78, 5) is 44.9. The Hall–Kier alpha value is -4.24. The second-order valence-corrected chi connectivity index (χ2v) is 9.35. The molecule has 2 aromatic carbocycles. The number of hydrogen-bond acceptors (Lipinski definition) is 8. The van der Waals surface area contributed by atoms with E-state index in [9.17, 15) is 24.6 Å². The van der Waals surface area contributed by atoms with Gasteiger partial charge in [-0.25, -0.2) is 9.78 Å². The van der Waals surface area contributed by atoms with Gasteiger partial charge in [-0.15, -0.1) is 0 Å². The molecule has 2 heterocycles. The van der Waals surface area contributed by atoms with Gasteiger partial charge in [-0.2, -0.15) is 0 Å². The van der Waals surface area contributed by atoms with Crippen molar-refractivity contribution in [2.45, 2.75) is 26.8 Å². The number of ketones is 1. The maximum Gasteiger partial charge on any atom is 0.350 e. The van der Waals surface area contributed by atoms with Crippen molar-refractivity contribution in [3.05, 3.63) is 93.5 Å². The van der Waals surface area contributed by atoms with Crippen LogP contribution < -0.4 is 4.90 Å². The van der Waals surface area contributed by atoms with Gasteiger partial charge in [0.1, 0.15) is 23.0 Å². The van der Waals surface area contributed by atoms with E-state index < -0.39 is 23.7 Å². The summed E-state index contributed by atoms with van der Waals surface area (Å²) >= 11 is 0.917. The van der Waals surface area contributed by atoms with Crippen molar-refractivity contribution in [3.63, 3.8) is 0 Å². The summed E-state index contributed by atoms with van der Waals surface area (Å²) in [5.74, 6) is -2.70. The van der Waals surface area contributed by atoms with Gasteiger partial charge in [0.25, 0.3) is 5.78 Å². The van der Waals surface area contributed by atoms with Gasteiger partial charge in [0, 0.05) is 5.56 Å². The molecular formula is C27H24N2O6S. The van der Waals surface area contributed by atoms with Crippen LogP contribution >= 0.6 is 11.3 Å². The Bertz CT molecular complexity index is 1420. The van der Waals surface area contributed by atoms with Crippen LogP contribution in [0.1, 0.15) is 43.7 Å². The second-order valence-electron chi connectivity index (χ2n) is 8.38. The van der Waals surface area contributed by atoms with Crippen molar-refractivity contribution in [3.8, 4) is 5.75 Å². The third-order valence-corrected chi connectivity index (χ3v) is 6.95. The van der Waals surface area contributed by atoms with Gasteiger partial charge in [0.2, 0.25) is 0 Å². The molecular weight excluding hydrogens is 480 g/mol. The highest BCUT2D eigenvalue weighted by molar-refractivity contribution is 7.17. The van der Waals surface area contributed by atoms with Gasteiger partial charge in [0.05, 0.1) is 17.3 Å². The molecule has 0 aliphatic carbocycles. The summed E-state index contributed by atoms with van der Waals surface area (Å²) in [5.41, 5.74) is 2.73. The van der Waals surface area contributed by atoms with Crippen LogP contribution in [0, 0.1) is 20.8 Å². The Morgan fingerprint density at radius 1 is 1.17 bits per heavy atom. The number of anilines is 1. The first-order valence-electron chi connectivity index (χ1n) is 11.1. The van der Waals surface area contributed by atoms with Gasteiger partial charge >= 0.3 is 11.9 Å². The number of aromatic nitrogens is 1. The maximum absolute atomic E-state index is 13.3. The third kappa shape index (κ3) is 4.40. The molecule has 1 amide bonds. The number of aryl methyl sites for hydroxylation is 3. The molecule has 9 heteroatoms. The van der Waals surface area contributed by atoms with Gasteiger partial charge in [-0.3, -0.25) is 14.5 Å². The molecule has 1 aromatic heterocycles. The molecule has 0 bridgehead atoms. The zero-order valence-corrected chi connectivity index (χ0v) is 20.8. The monoisotopic (exact) mass is 504 g/mol. The number of phenolic OH excluding ortho intramolecular Hbond substituents is 1. The van der Waals surface area contributed by atoms with Crippen LogP contribution in [0.3, 0.4) is 0 Å². The number of hydrogen-bond donors (Lipinski definition) is 2. The lowest BCUT2D eigenvalue weighted by atomic mass is 9.93. The number of benzene rings is 2. The van der Waals surface area contributed by atoms with Crippen LogP contribution in [0.4, 0.5) is 5.13 Å². The van der Waals surface area contributed by atoms with E-state index in [-0.39, 0.29) is 33.7 Å². The lowest BCUT2D eigenvalue weighted by molar-refractivity contribution is -0.132. The van der Waals surface area contributed by atoms with Crippen molar-refractivity contribution in [2.75, 3.05) is 11.5 Å². The van der Waals surface area contributed by atoms with E-state index in [0.717, 1.165) is 22.5 Å². The fourth-order valence-corrected chi connectivity index (χ4v) is 5.00. The first-order valence-corrected chi connectivity index (χ1v) is 11.9. The fraction of sp³-hybridized carbons (Fsp3) is 0.185. The Labute approximate surface area is 211 Å². The third-order valence-electron chi connectivity index (χ3n) is 5.81. The number of nitrogens with zero attached hydrogens (tertiary/aromatic N) is 2. The molecule has 4 rings (SSSR count). The molecule has 3 aromatic rings. The van der Waals surface area contributed by atoms with Crippen LogP contribution in [0.25, 0.3) is 5.76 Å². The van der Waals surface area contributed by atoms with Crippen molar-refractivity contribution < 1.29 is 29.3 Å². The van der Waals surface area contributed by atoms with E-state index in [1.165, 1.54) is 23.1 Å². The number of carbonyl (C=O) groups excluding carboxylic acids is 3. The molecule has 1 saturated heterocycles. The number of carbonyl (C=O) groups is 3. The van der Waals surface area contributed by atoms with Crippen LogP contribution in [-0.2, 0) is 14.3 Å². The zero-order chi connectivity index (χ0) is 26.1. The SMILES string of the molecule is C=CCOC(=O)c1sc(N2C(=O)C(=O)C(=C(O)c3cc(C)ccc3C)C2c2ccc(O)cc2)nc1C. The van der Waals surface area contributed by atoms with E-state index in [4.69, 9.17) is 4.74 Å². The number of aliphatic hydroxyl groups excluding tert-OH is 1. The van der Waals surface area contributed by atoms with E-state index in [0.29, 0.717) is 16.8 Å². The molecule has 36 heavy (non-hydrogen) atoms. The smallest absolute Gasteiger partial charge is 0.350 e. The quantitative estimate of drug-likeness (QED) is 0.164. The average Bonchev–Trinajstić information content (AvgIpc) is 3.36. The maximum atomic E-state index is 13.3. The first kappa shape index (κ1) is 24.9. The van der Waals surface area contributed by atoms with Crippen molar-refractivity contribution in [1.82, 2.24) is 4.98 Å². The number of ether oxygens (including phenoxy) is 1. The summed E-state index contributed by atoms with van der Waals surface area (Å²) in [6.07, 6.45) is 1.44. The highest BCUT2D eigenvalue weighted by atomic mass is 32.1. The Morgan fingerprint density at radius 3 is 2.53 bits per heavy atom. The largest absolute Gasteiger partial charge is 0.508 e. The number of amides is 1. The number of thiazole rings is 1. The molecule has 184 valence electrons. The Morgan fingerprint density at radius 2 is 1.86 bits per heavy atom. The number of phenols is 1. The fourth-order valence-electron chi connectivity index (χ4n) is 4.01. The lowest BCUT2D eigenvalue weighted by Gasteiger charge is -2.23. The van der Waals surface area contributed by atoms with Crippen molar-refractivity contribution >= 4 is 39.9 Å². The molecule has 0 saturated carbocycles. The average molecular weight is 505 g/mol. The summed E-state index contributed by atoms with van der Waals surface area (Å²) in [6.45, 7) is 8.79. The Balaban J connectivity index is 1.91. The minimum atomic E-state index is -1.03. The van der Waals surface area contributed by atoms with Crippen molar-refractivity contribution in [1.29, 1.82) is 0 Å². The molecule has 8 nitrogen and oxygen atoms in total. The number of aliphatic hydroxyl groups is 1. The van der Waals surface area contributed by atoms with Gasteiger partial charge in [0.15, 0.2) is 5.13 Å². The number of esters is 1. The van der Waals surface area contributed by atoms with Gasteiger partial charge in [-0.05, 0) is 50.1 Å². The van der Waals surface area contributed by atoms with Crippen molar-refractivity contribution in [2.24, 2.45) is 0 Å². The predicted octanol–water partition coefficient (Wildman–Crippen LogP) is 4.74. The van der Waals surface area contributed by atoms with Gasteiger partial charge in [-0.1, -0.05) is 53.8 Å². The molecule has 1 aliphatic heterocycles. The molecule has 1 atom stereocenters. The van der Waals surface area contributed by atoms with E-state index in [1.807, 2.05) is 19.1 Å². The zero-order valence-electron chi connectivity index (χ0n) is 19.9. The molecule has 0 radical (unpaired) electrons. The van der Waals surface area contributed by atoms with Crippen LogP contribution in [-0.4, -0.2) is 39.5 Å². The van der Waals surface area contributed by atoms with Crippen LogP contribution in [0.5, 0.6) is 5.75 Å². The normalized spacial score (nSPS) is 16.9. The highest BCUT2D eigenvalue weighted by Gasteiger charge is 2.48. The molecule has 1 fully saturated rings. The minimum Gasteiger partial charge on any atom is -0.508 e. The summed E-state index contributed by atoms with van der Waals surface area (Å²) in [6, 6.07) is 10.4. The molecule has 0 spiro atoms.